The van der Waals surface area contributed by atoms with Gasteiger partial charge in [-0.2, -0.15) is 0 Å². The highest BCUT2D eigenvalue weighted by Gasteiger charge is 2.23. The second kappa shape index (κ2) is 6.35. The fourth-order valence-corrected chi connectivity index (χ4v) is 2.76. The molecule has 1 saturated heterocycles. The lowest BCUT2D eigenvalue weighted by atomic mass is 10.0. The van der Waals surface area contributed by atoms with Gasteiger partial charge in [-0.3, -0.25) is 9.80 Å². The SMILES string of the molecule is CC(C)N1CCN(C(C)C2=CCC=CC=C2)CC1. The Kier molecular flexibility index (Phi) is 4.79. The van der Waals surface area contributed by atoms with Crippen molar-refractivity contribution in [3.05, 3.63) is 36.0 Å². The lowest BCUT2D eigenvalue weighted by Gasteiger charge is -2.40. The molecule has 1 atom stereocenters. The summed E-state index contributed by atoms with van der Waals surface area (Å²) in [6.07, 6.45) is 12.2. The molecule has 2 heteroatoms. The quantitative estimate of drug-likeness (QED) is 0.755. The third-order valence-electron chi connectivity index (χ3n) is 4.13. The second-order valence-corrected chi connectivity index (χ2v) is 5.57. The highest BCUT2D eigenvalue weighted by molar-refractivity contribution is 5.30. The van der Waals surface area contributed by atoms with E-state index in [-0.39, 0.29) is 0 Å². The fraction of sp³-hybridized carbons (Fsp3) is 0.625. The summed E-state index contributed by atoms with van der Waals surface area (Å²) < 4.78 is 0. The first kappa shape index (κ1) is 13.6. The van der Waals surface area contributed by atoms with Crippen LogP contribution in [0.25, 0.3) is 0 Å². The molecule has 2 rings (SSSR count). The molecular weight excluding hydrogens is 220 g/mol. The minimum atomic E-state index is 0.551. The summed E-state index contributed by atoms with van der Waals surface area (Å²) in [5.74, 6) is 0. The highest BCUT2D eigenvalue weighted by atomic mass is 15.3. The normalized spacial score (nSPS) is 24.1. The molecule has 2 nitrogen and oxygen atoms in total. The van der Waals surface area contributed by atoms with Crippen LogP contribution in [0.5, 0.6) is 0 Å². The van der Waals surface area contributed by atoms with E-state index < -0.39 is 0 Å². The minimum absolute atomic E-state index is 0.551. The first-order valence-electron chi connectivity index (χ1n) is 7.20. The molecule has 0 aromatic heterocycles. The van der Waals surface area contributed by atoms with Crippen molar-refractivity contribution in [1.29, 1.82) is 0 Å². The Morgan fingerprint density at radius 2 is 1.61 bits per heavy atom. The van der Waals surface area contributed by atoms with E-state index in [0.29, 0.717) is 12.1 Å². The smallest absolute Gasteiger partial charge is 0.0317 e. The van der Waals surface area contributed by atoms with Gasteiger partial charge in [-0.1, -0.05) is 30.4 Å². The summed E-state index contributed by atoms with van der Waals surface area (Å²) in [6, 6.07) is 1.24. The van der Waals surface area contributed by atoms with E-state index in [4.69, 9.17) is 0 Å². The van der Waals surface area contributed by atoms with Crippen LogP contribution in [0.3, 0.4) is 0 Å². The van der Waals surface area contributed by atoms with Crippen molar-refractivity contribution >= 4 is 0 Å². The van der Waals surface area contributed by atoms with Gasteiger partial charge in [-0.25, -0.2) is 0 Å². The van der Waals surface area contributed by atoms with Gasteiger partial charge in [-0.05, 0) is 32.8 Å². The van der Waals surface area contributed by atoms with E-state index in [1.807, 2.05) is 0 Å². The summed E-state index contributed by atoms with van der Waals surface area (Å²) in [7, 11) is 0. The van der Waals surface area contributed by atoms with E-state index in [1.54, 1.807) is 0 Å². The molecule has 1 aliphatic heterocycles. The minimum Gasteiger partial charge on any atom is -0.298 e. The molecule has 0 saturated carbocycles. The van der Waals surface area contributed by atoms with Crippen molar-refractivity contribution in [2.24, 2.45) is 0 Å². The molecule has 1 unspecified atom stereocenters. The van der Waals surface area contributed by atoms with Gasteiger partial charge in [-0.15, -0.1) is 0 Å². The number of allylic oxidation sites excluding steroid dienone is 4. The van der Waals surface area contributed by atoms with Gasteiger partial charge >= 0.3 is 0 Å². The molecule has 18 heavy (non-hydrogen) atoms. The van der Waals surface area contributed by atoms with E-state index in [9.17, 15) is 0 Å². The number of hydrogen-bond acceptors (Lipinski definition) is 2. The van der Waals surface area contributed by atoms with Crippen molar-refractivity contribution in [2.75, 3.05) is 26.2 Å². The maximum absolute atomic E-state index is 2.61. The molecule has 0 N–H and O–H groups in total. The molecule has 100 valence electrons. The zero-order chi connectivity index (χ0) is 13.0. The van der Waals surface area contributed by atoms with E-state index in [2.05, 4.69) is 61.0 Å². The van der Waals surface area contributed by atoms with Gasteiger partial charge in [0.1, 0.15) is 0 Å². The fourth-order valence-electron chi connectivity index (χ4n) is 2.76. The Bertz CT molecular complexity index is 344. The van der Waals surface area contributed by atoms with Crippen LogP contribution >= 0.6 is 0 Å². The Hall–Kier alpha value is -0.860. The Morgan fingerprint density at radius 1 is 0.944 bits per heavy atom. The monoisotopic (exact) mass is 246 g/mol. The standard InChI is InChI=1S/C16H26N2/c1-14(2)17-10-12-18(13-11-17)15(3)16-8-6-4-5-7-9-16/h4-6,8-9,14-15H,7,10-13H2,1-3H3. The molecule has 1 fully saturated rings. The number of piperazine rings is 1. The summed E-state index contributed by atoms with van der Waals surface area (Å²) in [6.45, 7) is 11.7. The van der Waals surface area contributed by atoms with Crippen LogP contribution in [-0.4, -0.2) is 48.1 Å². The average molecular weight is 246 g/mol. The number of rotatable bonds is 3. The molecule has 0 spiro atoms. The second-order valence-electron chi connectivity index (χ2n) is 5.57. The van der Waals surface area contributed by atoms with E-state index in [1.165, 1.54) is 31.8 Å². The molecule has 1 aliphatic carbocycles. The maximum Gasteiger partial charge on any atom is 0.0317 e. The maximum atomic E-state index is 2.61. The first-order valence-corrected chi connectivity index (χ1v) is 7.20. The summed E-state index contributed by atoms with van der Waals surface area (Å²) in [5, 5.41) is 0. The Labute approximate surface area is 112 Å². The van der Waals surface area contributed by atoms with Crippen LogP contribution in [0.2, 0.25) is 0 Å². The first-order chi connectivity index (χ1) is 8.68. The van der Waals surface area contributed by atoms with Crippen molar-refractivity contribution < 1.29 is 0 Å². The van der Waals surface area contributed by atoms with Crippen LogP contribution in [0.1, 0.15) is 27.2 Å². The number of nitrogens with zero attached hydrogens (tertiary/aromatic N) is 2. The van der Waals surface area contributed by atoms with Gasteiger partial charge < -0.3 is 0 Å². The third-order valence-corrected chi connectivity index (χ3v) is 4.13. The van der Waals surface area contributed by atoms with E-state index in [0.717, 1.165) is 6.42 Å². The number of hydrogen-bond donors (Lipinski definition) is 0. The van der Waals surface area contributed by atoms with Gasteiger partial charge in [0.2, 0.25) is 0 Å². The average Bonchev–Trinajstić information content (AvgIpc) is 2.67. The van der Waals surface area contributed by atoms with Crippen LogP contribution < -0.4 is 0 Å². The largest absolute Gasteiger partial charge is 0.298 e. The summed E-state index contributed by atoms with van der Waals surface area (Å²) in [5.41, 5.74) is 1.47. The highest BCUT2D eigenvalue weighted by Crippen LogP contribution is 2.17. The van der Waals surface area contributed by atoms with Crippen molar-refractivity contribution in [2.45, 2.75) is 39.3 Å². The van der Waals surface area contributed by atoms with Crippen LogP contribution in [-0.2, 0) is 0 Å². The predicted molar refractivity (Wildman–Crippen MR) is 78.7 cm³/mol. The molecule has 2 aliphatic rings. The topological polar surface area (TPSA) is 6.48 Å². The van der Waals surface area contributed by atoms with Gasteiger partial charge in [0.25, 0.3) is 0 Å². The molecular formula is C16H26N2. The summed E-state index contributed by atoms with van der Waals surface area (Å²) >= 11 is 0. The van der Waals surface area contributed by atoms with Gasteiger partial charge in [0, 0.05) is 38.3 Å². The van der Waals surface area contributed by atoms with Crippen LogP contribution in [0, 0.1) is 0 Å². The van der Waals surface area contributed by atoms with E-state index >= 15 is 0 Å². The zero-order valence-corrected chi connectivity index (χ0v) is 12.0. The van der Waals surface area contributed by atoms with Gasteiger partial charge in [0.15, 0.2) is 0 Å². The lowest BCUT2D eigenvalue weighted by Crippen LogP contribution is -2.51. The van der Waals surface area contributed by atoms with Crippen molar-refractivity contribution in [1.82, 2.24) is 9.80 Å². The van der Waals surface area contributed by atoms with Gasteiger partial charge in [0.05, 0.1) is 0 Å². The molecule has 0 bridgehead atoms. The van der Waals surface area contributed by atoms with Crippen LogP contribution in [0.4, 0.5) is 0 Å². The Morgan fingerprint density at radius 3 is 2.28 bits per heavy atom. The lowest BCUT2D eigenvalue weighted by molar-refractivity contribution is 0.0938. The third kappa shape index (κ3) is 3.33. The zero-order valence-electron chi connectivity index (χ0n) is 12.0. The molecule has 0 amide bonds. The predicted octanol–water partition coefficient (Wildman–Crippen LogP) is 2.84. The van der Waals surface area contributed by atoms with Crippen molar-refractivity contribution in [3.63, 3.8) is 0 Å². The molecule has 1 heterocycles. The van der Waals surface area contributed by atoms with Crippen molar-refractivity contribution in [3.8, 4) is 0 Å². The van der Waals surface area contributed by atoms with Crippen LogP contribution in [0.15, 0.2) is 36.0 Å². The molecule has 0 radical (unpaired) electrons. The molecule has 0 aromatic carbocycles. The molecule has 0 aromatic rings. The summed E-state index contributed by atoms with van der Waals surface area (Å²) in [4.78, 5) is 5.18. The Balaban J connectivity index is 1.91.